The first-order valence-corrected chi connectivity index (χ1v) is 12.9. The maximum absolute atomic E-state index is 13.8. The number of ether oxygens (including phenoxy) is 3. The van der Waals surface area contributed by atoms with Gasteiger partial charge < -0.3 is 14.2 Å². The van der Waals surface area contributed by atoms with Gasteiger partial charge in [0.25, 0.3) is 5.56 Å². The second-order valence-electron chi connectivity index (χ2n) is 9.05. The number of carbonyl (C=O) groups is 2. The van der Waals surface area contributed by atoms with Crippen LogP contribution < -0.4 is 11.2 Å². The third-order valence-electron chi connectivity index (χ3n) is 6.08. The number of hydrogen-bond donors (Lipinski definition) is 1. The Kier molecular flexibility index (Phi) is 12.7. The van der Waals surface area contributed by atoms with Crippen LogP contribution in [0.2, 0.25) is 0 Å². The molecule has 3 atom stereocenters. The molecule has 1 fully saturated rings. The summed E-state index contributed by atoms with van der Waals surface area (Å²) in [5.74, 6) is -1.91. The van der Waals surface area contributed by atoms with Gasteiger partial charge in [-0.3, -0.25) is 23.9 Å². The third kappa shape index (κ3) is 9.95. The Morgan fingerprint density at radius 2 is 1.60 bits per heavy atom. The maximum Gasteiger partial charge on any atom is 0.330 e. The van der Waals surface area contributed by atoms with Crippen molar-refractivity contribution in [3.63, 3.8) is 0 Å². The molecule has 9 nitrogen and oxygen atoms in total. The molecule has 198 valence electrons. The molecule has 3 unspecified atom stereocenters. The molecule has 1 aliphatic rings. The fraction of sp³-hybridized carbons (Fsp3) is 0.760. The molecule has 0 spiro atoms. The number of unbranched alkanes of at least 4 members (excludes halogenated alkanes) is 8. The Hall–Kier alpha value is -2.49. The fourth-order valence-electron chi connectivity index (χ4n) is 4.04. The average molecular weight is 499 g/mol. The second-order valence-corrected chi connectivity index (χ2v) is 9.05. The number of hydrogen-bond acceptors (Lipinski definition) is 7. The summed E-state index contributed by atoms with van der Waals surface area (Å²) in [7, 11) is 0. The Morgan fingerprint density at radius 3 is 2.23 bits per heavy atom. The van der Waals surface area contributed by atoms with Crippen molar-refractivity contribution < 1.29 is 28.2 Å². The predicted molar refractivity (Wildman–Crippen MR) is 127 cm³/mol. The van der Waals surface area contributed by atoms with E-state index in [1.807, 2.05) is 4.98 Å². The standard InChI is InChI=1S/C25H39FN2O7/c1-3-5-7-9-11-13-22(29)33-17-20-19(35-23(30)14-12-10-8-6-4-2)15-21(34-20)28-16-18(26)24(31)27-25(28)32/h16,19-21H,3-15,17H2,1-2H3,(H,27,31,32). The van der Waals surface area contributed by atoms with Gasteiger partial charge in [0.05, 0.1) is 6.20 Å². The summed E-state index contributed by atoms with van der Waals surface area (Å²) in [6.07, 6.45) is 8.70. The van der Waals surface area contributed by atoms with Crippen molar-refractivity contribution in [1.29, 1.82) is 0 Å². The molecule has 0 aliphatic carbocycles. The molecule has 2 heterocycles. The van der Waals surface area contributed by atoms with Gasteiger partial charge in [0.2, 0.25) is 5.82 Å². The number of nitrogens with zero attached hydrogens (tertiary/aromatic N) is 1. The van der Waals surface area contributed by atoms with E-state index in [0.717, 1.165) is 68.6 Å². The van der Waals surface area contributed by atoms with E-state index in [-0.39, 0.29) is 31.8 Å². The van der Waals surface area contributed by atoms with Crippen LogP contribution in [0.15, 0.2) is 15.8 Å². The molecular formula is C25H39FN2O7. The van der Waals surface area contributed by atoms with Crippen molar-refractivity contribution in [2.24, 2.45) is 0 Å². The van der Waals surface area contributed by atoms with Gasteiger partial charge in [-0.15, -0.1) is 0 Å². The Labute approximate surface area is 205 Å². The number of aromatic nitrogens is 2. The van der Waals surface area contributed by atoms with Crippen LogP contribution in [-0.2, 0) is 23.8 Å². The molecule has 1 aliphatic heterocycles. The maximum atomic E-state index is 13.8. The molecule has 1 aromatic heterocycles. The molecule has 1 N–H and O–H groups in total. The van der Waals surface area contributed by atoms with E-state index in [9.17, 15) is 23.6 Å². The Bertz CT molecular complexity index is 914. The van der Waals surface area contributed by atoms with Crippen LogP contribution in [0, 0.1) is 5.82 Å². The SMILES string of the molecule is CCCCCCCC(=O)OCC1OC(n2cc(F)c(=O)[nH]c2=O)CC1OC(=O)CCCCCCC. The van der Waals surface area contributed by atoms with Crippen molar-refractivity contribution in [2.45, 2.75) is 116 Å². The molecule has 10 heteroatoms. The number of aromatic amines is 1. The minimum Gasteiger partial charge on any atom is -0.463 e. The summed E-state index contributed by atoms with van der Waals surface area (Å²) in [6, 6.07) is 0. The van der Waals surface area contributed by atoms with E-state index in [1.165, 1.54) is 0 Å². The first-order chi connectivity index (χ1) is 16.8. The molecule has 2 rings (SSSR count). The Balaban J connectivity index is 1.97. The van der Waals surface area contributed by atoms with Gasteiger partial charge in [-0.1, -0.05) is 65.2 Å². The molecule has 0 saturated carbocycles. The van der Waals surface area contributed by atoms with Gasteiger partial charge >= 0.3 is 17.6 Å². The van der Waals surface area contributed by atoms with Crippen LogP contribution in [0.5, 0.6) is 0 Å². The topological polar surface area (TPSA) is 117 Å². The van der Waals surface area contributed by atoms with Gasteiger partial charge in [0.15, 0.2) is 0 Å². The summed E-state index contributed by atoms with van der Waals surface area (Å²) >= 11 is 0. The molecule has 0 bridgehead atoms. The Morgan fingerprint density at radius 1 is 1.00 bits per heavy atom. The minimum atomic E-state index is -1.13. The lowest BCUT2D eigenvalue weighted by Crippen LogP contribution is -2.34. The molecule has 0 radical (unpaired) electrons. The second kappa shape index (κ2) is 15.5. The number of carbonyl (C=O) groups excluding carboxylic acids is 2. The smallest absolute Gasteiger partial charge is 0.330 e. The highest BCUT2D eigenvalue weighted by atomic mass is 19.1. The van der Waals surface area contributed by atoms with Crippen LogP contribution in [0.4, 0.5) is 4.39 Å². The zero-order chi connectivity index (χ0) is 25.6. The lowest BCUT2D eigenvalue weighted by Gasteiger charge is -2.19. The third-order valence-corrected chi connectivity index (χ3v) is 6.08. The zero-order valence-corrected chi connectivity index (χ0v) is 20.9. The molecule has 35 heavy (non-hydrogen) atoms. The first-order valence-electron chi connectivity index (χ1n) is 12.9. The van der Waals surface area contributed by atoms with E-state index < -0.39 is 41.5 Å². The quantitative estimate of drug-likeness (QED) is 0.269. The van der Waals surface area contributed by atoms with Crippen molar-refractivity contribution in [1.82, 2.24) is 9.55 Å². The summed E-state index contributed by atoms with van der Waals surface area (Å²) in [5.41, 5.74) is -1.97. The van der Waals surface area contributed by atoms with Crippen molar-refractivity contribution >= 4 is 11.9 Å². The highest BCUT2D eigenvalue weighted by molar-refractivity contribution is 5.70. The molecule has 0 aromatic carbocycles. The van der Waals surface area contributed by atoms with E-state index in [1.54, 1.807) is 0 Å². The van der Waals surface area contributed by atoms with Crippen molar-refractivity contribution in [2.75, 3.05) is 6.61 Å². The zero-order valence-electron chi connectivity index (χ0n) is 20.9. The summed E-state index contributed by atoms with van der Waals surface area (Å²) in [4.78, 5) is 50.0. The fourth-order valence-corrected chi connectivity index (χ4v) is 4.04. The largest absolute Gasteiger partial charge is 0.463 e. The molecular weight excluding hydrogens is 459 g/mol. The number of halogens is 1. The van der Waals surface area contributed by atoms with Crippen molar-refractivity contribution in [3.05, 3.63) is 32.9 Å². The van der Waals surface area contributed by atoms with Gasteiger partial charge in [-0.2, -0.15) is 4.39 Å². The number of H-pyrrole nitrogens is 1. The number of nitrogens with one attached hydrogen (secondary N) is 1. The van der Waals surface area contributed by atoms with Crippen LogP contribution in [-0.4, -0.2) is 40.3 Å². The predicted octanol–water partition coefficient (Wildman–Crippen LogP) is 4.14. The highest BCUT2D eigenvalue weighted by Crippen LogP contribution is 2.30. The minimum absolute atomic E-state index is 0.0617. The van der Waals surface area contributed by atoms with Gasteiger partial charge in [-0.05, 0) is 12.8 Å². The lowest BCUT2D eigenvalue weighted by molar-refractivity contribution is -0.158. The first kappa shape index (κ1) is 28.7. The van der Waals surface area contributed by atoms with Crippen LogP contribution >= 0.6 is 0 Å². The molecule has 0 amide bonds. The summed E-state index contributed by atoms with van der Waals surface area (Å²) in [6.45, 7) is 4.08. The molecule has 1 aromatic rings. The van der Waals surface area contributed by atoms with Gasteiger partial charge in [0, 0.05) is 19.3 Å². The van der Waals surface area contributed by atoms with E-state index in [4.69, 9.17) is 14.2 Å². The van der Waals surface area contributed by atoms with Crippen LogP contribution in [0.25, 0.3) is 0 Å². The summed E-state index contributed by atoms with van der Waals surface area (Å²) < 4.78 is 31.5. The lowest BCUT2D eigenvalue weighted by atomic mass is 10.1. The van der Waals surface area contributed by atoms with Gasteiger partial charge in [-0.25, -0.2) is 4.79 Å². The molecule has 1 saturated heterocycles. The van der Waals surface area contributed by atoms with E-state index >= 15 is 0 Å². The van der Waals surface area contributed by atoms with Crippen LogP contribution in [0.3, 0.4) is 0 Å². The highest BCUT2D eigenvalue weighted by Gasteiger charge is 2.40. The van der Waals surface area contributed by atoms with E-state index in [0.29, 0.717) is 6.42 Å². The monoisotopic (exact) mass is 498 g/mol. The number of esters is 2. The normalized spacial score (nSPS) is 19.6. The van der Waals surface area contributed by atoms with Crippen molar-refractivity contribution in [3.8, 4) is 0 Å². The average Bonchev–Trinajstić information content (AvgIpc) is 3.21. The van der Waals surface area contributed by atoms with E-state index in [2.05, 4.69) is 13.8 Å². The van der Waals surface area contributed by atoms with Crippen LogP contribution in [0.1, 0.15) is 104 Å². The van der Waals surface area contributed by atoms with Gasteiger partial charge in [0.1, 0.15) is 25.0 Å². The summed E-state index contributed by atoms with van der Waals surface area (Å²) in [5, 5.41) is 0. The number of rotatable bonds is 16.